The number of hydrogen-bond donors (Lipinski definition) is 2. The Morgan fingerprint density at radius 1 is 1.58 bits per heavy atom. The van der Waals surface area contributed by atoms with E-state index < -0.39 is 0 Å². The number of nitrogens with one attached hydrogen (secondary N) is 1. The first-order chi connectivity index (χ1) is 5.72. The van der Waals surface area contributed by atoms with Gasteiger partial charge in [0, 0.05) is 25.0 Å². The number of hydrogen-bond acceptors (Lipinski definition) is 3. The van der Waals surface area contributed by atoms with Gasteiger partial charge in [0.2, 0.25) is 0 Å². The van der Waals surface area contributed by atoms with Crippen LogP contribution in [0.3, 0.4) is 0 Å². The Hall–Kier alpha value is -1.09. The molecular weight excluding hydrogens is 150 g/mol. The van der Waals surface area contributed by atoms with Gasteiger partial charge in [0.1, 0.15) is 0 Å². The van der Waals surface area contributed by atoms with Crippen LogP contribution in [0.1, 0.15) is 12.5 Å². The van der Waals surface area contributed by atoms with Crippen molar-refractivity contribution in [2.24, 2.45) is 5.73 Å². The average Bonchev–Trinajstić information content (AvgIpc) is 2.04. The summed E-state index contributed by atoms with van der Waals surface area (Å²) in [5.74, 6) is 0. The zero-order valence-corrected chi connectivity index (χ0v) is 7.54. The summed E-state index contributed by atoms with van der Waals surface area (Å²) in [7, 11) is 0. The number of nitrogens with zero attached hydrogens (tertiary/aromatic N) is 1. The van der Waals surface area contributed by atoms with Crippen LogP contribution in [0.4, 0.5) is 5.69 Å². The van der Waals surface area contributed by atoms with Crippen LogP contribution in [0.15, 0.2) is 18.5 Å². The smallest absolute Gasteiger partial charge is 0.0531 e. The molecule has 1 heterocycles. The minimum Gasteiger partial charge on any atom is -0.380 e. The summed E-state index contributed by atoms with van der Waals surface area (Å²) in [4.78, 5) is 4.07. The highest BCUT2D eigenvalue weighted by Crippen LogP contribution is 2.07. The van der Waals surface area contributed by atoms with E-state index in [0.29, 0.717) is 12.6 Å². The molecule has 3 nitrogen and oxygen atoms in total. The molecule has 0 spiro atoms. The van der Waals surface area contributed by atoms with Crippen molar-refractivity contribution in [2.45, 2.75) is 19.9 Å². The van der Waals surface area contributed by atoms with Gasteiger partial charge in [-0.15, -0.1) is 0 Å². The molecule has 0 aromatic carbocycles. The number of anilines is 1. The van der Waals surface area contributed by atoms with Crippen LogP contribution in [0.25, 0.3) is 0 Å². The second-order valence-corrected chi connectivity index (χ2v) is 3.03. The molecule has 1 aromatic heterocycles. The molecule has 1 atom stereocenters. The van der Waals surface area contributed by atoms with Crippen LogP contribution >= 0.6 is 0 Å². The average molecular weight is 165 g/mol. The van der Waals surface area contributed by atoms with Gasteiger partial charge in [0.15, 0.2) is 0 Å². The van der Waals surface area contributed by atoms with E-state index in [1.54, 1.807) is 6.20 Å². The molecule has 1 aromatic rings. The number of aryl methyl sites for hydroxylation is 1. The van der Waals surface area contributed by atoms with Crippen molar-refractivity contribution >= 4 is 5.69 Å². The highest BCUT2D eigenvalue weighted by molar-refractivity contribution is 5.43. The van der Waals surface area contributed by atoms with E-state index >= 15 is 0 Å². The fourth-order valence-corrected chi connectivity index (χ4v) is 0.977. The lowest BCUT2D eigenvalue weighted by Crippen LogP contribution is -2.25. The van der Waals surface area contributed by atoms with Crippen molar-refractivity contribution in [1.82, 2.24) is 4.98 Å². The maximum Gasteiger partial charge on any atom is 0.0531 e. The summed E-state index contributed by atoms with van der Waals surface area (Å²) < 4.78 is 0. The Morgan fingerprint density at radius 2 is 2.33 bits per heavy atom. The molecule has 3 N–H and O–H groups in total. The van der Waals surface area contributed by atoms with Gasteiger partial charge in [-0.25, -0.2) is 0 Å². The van der Waals surface area contributed by atoms with E-state index in [0.717, 1.165) is 11.3 Å². The van der Waals surface area contributed by atoms with Gasteiger partial charge in [-0.3, -0.25) is 4.98 Å². The highest BCUT2D eigenvalue weighted by Gasteiger charge is 1.98. The van der Waals surface area contributed by atoms with Gasteiger partial charge in [0.25, 0.3) is 0 Å². The standard InChI is InChI=1S/C9H15N3/c1-7-3-9(6-11-5-7)12-8(2)4-10/h3,5-6,8,12H,4,10H2,1-2H3. The third-order valence-corrected chi connectivity index (χ3v) is 1.64. The lowest BCUT2D eigenvalue weighted by Gasteiger charge is -2.12. The maximum absolute atomic E-state index is 5.48. The minimum atomic E-state index is 0.300. The van der Waals surface area contributed by atoms with Crippen LogP contribution < -0.4 is 11.1 Å². The van der Waals surface area contributed by atoms with Crippen molar-refractivity contribution in [3.63, 3.8) is 0 Å². The molecule has 0 aliphatic rings. The van der Waals surface area contributed by atoms with E-state index in [4.69, 9.17) is 5.73 Å². The molecule has 0 saturated heterocycles. The van der Waals surface area contributed by atoms with E-state index in [1.165, 1.54) is 0 Å². The molecule has 3 heteroatoms. The quantitative estimate of drug-likeness (QED) is 0.706. The third-order valence-electron chi connectivity index (χ3n) is 1.64. The first-order valence-corrected chi connectivity index (χ1v) is 4.10. The van der Waals surface area contributed by atoms with Crippen LogP contribution in [0.2, 0.25) is 0 Å². The predicted molar refractivity (Wildman–Crippen MR) is 51.1 cm³/mol. The number of nitrogens with two attached hydrogens (primary N) is 1. The number of pyridine rings is 1. The summed E-state index contributed by atoms with van der Waals surface area (Å²) >= 11 is 0. The number of rotatable bonds is 3. The molecule has 0 saturated carbocycles. The monoisotopic (exact) mass is 165 g/mol. The summed E-state index contributed by atoms with van der Waals surface area (Å²) in [6.45, 7) is 4.70. The van der Waals surface area contributed by atoms with Crippen LogP contribution in [-0.2, 0) is 0 Å². The molecule has 0 aliphatic heterocycles. The highest BCUT2D eigenvalue weighted by atomic mass is 14.9. The topological polar surface area (TPSA) is 50.9 Å². The van der Waals surface area contributed by atoms with Crippen LogP contribution in [-0.4, -0.2) is 17.6 Å². The molecule has 0 amide bonds. The second kappa shape index (κ2) is 4.07. The van der Waals surface area contributed by atoms with E-state index in [1.807, 2.05) is 20.0 Å². The van der Waals surface area contributed by atoms with Crippen LogP contribution in [0.5, 0.6) is 0 Å². The van der Waals surface area contributed by atoms with E-state index in [9.17, 15) is 0 Å². The molecule has 0 bridgehead atoms. The summed E-state index contributed by atoms with van der Waals surface area (Å²) in [5, 5.41) is 3.24. The Kier molecular flexibility index (Phi) is 3.05. The first-order valence-electron chi connectivity index (χ1n) is 4.10. The molecular formula is C9H15N3. The molecule has 0 aliphatic carbocycles. The normalized spacial score (nSPS) is 12.6. The molecule has 0 fully saturated rings. The number of aromatic nitrogens is 1. The van der Waals surface area contributed by atoms with Gasteiger partial charge < -0.3 is 11.1 Å². The minimum absolute atomic E-state index is 0.300. The van der Waals surface area contributed by atoms with Gasteiger partial charge in [-0.1, -0.05) is 0 Å². The van der Waals surface area contributed by atoms with Gasteiger partial charge in [-0.05, 0) is 25.5 Å². The Labute approximate surface area is 73.0 Å². The first kappa shape index (κ1) is 9.00. The van der Waals surface area contributed by atoms with Gasteiger partial charge in [-0.2, -0.15) is 0 Å². The predicted octanol–water partition coefficient (Wildman–Crippen LogP) is 1.15. The molecule has 66 valence electrons. The fourth-order valence-electron chi connectivity index (χ4n) is 0.977. The van der Waals surface area contributed by atoms with E-state index in [-0.39, 0.29) is 0 Å². The van der Waals surface area contributed by atoms with Gasteiger partial charge >= 0.3 is 0 Å². The molecule has 0 radical (unpaired) electrons. The lowest BCUT2D eigenvalue weighted by atomic mass is 10.2. The van der Waals surface area contributed by atoms with Crippen LogP contribution in [0, 0.1) is 6.92 Å². The zero-order valence-electron chi connectivity index (χ0n) is 7.54. The van der Waals surface area contributed by atoms with Crippen molar-refractivity contribution in [3.05, 3.63) is 24.0 Å². The SMILES string of the molecule is Cc1cncc(NC(C)CN)c1. The molecule has 12 heavy (non-hydrogen) atoms. The Morgan fingerprint density at radius 3 is 2.92 bits per heavy atom. The van der Waals surface area contributed by atoms with Crippen molar-refractivity contribution in [1.29, 1.82) is 0 Å². The summed E-state index contributed by atoms with van der Waals surface area (Å²) in [5.41, 5.74) is 7.67. The Bertz CT molecular complexity index is 247. The van der Waals surface area contributed by atoms with Crippen molar-refractivity contribution in [3.8, 4) is 0 Å². The summed E-state index contributed by atoms with van der Waals surface area (Å²) in [6, 6.07) is 2.35. The molecule has 1 unspecified atom stereocenters. The summed E-state index contributed by atoms with van der Waals surface area (Å²) in [6.07, 6.45) is 3.64. The Balaban J connectivity index is 2.63. The van der Waals surface area contributed by atoms with Crippen molar-refractivity contribution in [2.75, 3.05) is 11.9 Å². The second-order valence-electron chi connectivity index (χ2n) is 3.03. The molecule has 1 rings (SSSR count). The largest absolute Gasteiger partial charge is 0.380 e. The third kappa shape index (κ3) is 2.51. The van der Waals surface area contributed by atoms with E-state index in [2.05, 4.69) is 16.4 Å². The lowest BCUT2D eigenvalue weighted by molar-refractivity contribution is 0.803. The van der Waals surface area contributed by atoms with Gasteiger partial charge in [0.05, 0.1) is 5.69 Å². The fraction of sp³-hybridized carbons (Fsp3) is 0.444. The zero-order chi connectivity index (χ0) is 8.97. The maximum atomic E-state index is 5.48. The van der Waals surface area contributed by atoms with Crippen molar-refractivity contribution < 1.29 is 0 Å².